The molecule has 0 radical (unpaired) electrons. The number of amides is 1. The zero-order valence-corrected chi connectivity index (χ0v) is 21.8. The van der Waals surface area contributed by atoms with Crippen LogP contribution in [0.4, 0.5) is 4.79 Å². The maximum Gasteiger partial charge on any atom is 0.410 e. The summed E-state index contributed by atoms with van der Waals surface area (Å²) < 4.78 is 11.5. The molecule has 1 aliphatic rings. The Morgan fingerprint density at radius 2 is 1.92 bits per heavy atom. The number of nitrogens with one attached hydrogen (secondary N) is 1. The maximum atomic E-state index is 13.1. The number of aromatic nitrogens is 1. The predicted octanol–water partition coefficient (Wildman–Crippen LogP) is 5.32. The van der Waals surface area contributed by atoms with Crippen molar-refractivity contribution in [1.82, 2.24) is 9.88 Å². The number of benzene rings is 2. The van der Waals surface area contributed by atoms with Crippen molar-refractivity contribution in [2.45, 2.75) is 39.7 Å². The van der Waals surface area contributed by atoms with Crippen LogP contribution < -0.4 is 4.74 Å². The summed E-state index contributed by atoms with van der Waals surface area (Å²) in [6, 6.07) is 13.0. The van der Waals surface area contributed by atoms with Gasteiger partial charge < -0.3 is 24.7 Å². The number of aliphatic hydroxyl groups is 2. The number of rotatable bonds is 9. The average Bonchev–Trinajstić information content (AvgIpc) is 3.26. The molecule has 0 fully saturated rings. The fourth-order valence-corrected chi connectivity index (χ4v) is 4.75. The van der Waals surface area contributed by atoms with Crippen LogP contribution in [0.25, 0.3) is 10.9 Å². The molecule has 1 aromatic heterocycles. The number of fused-ring (bicyclic) bond motifs is 3. The highest BCUT2D eigenvalue weighted by Crippen LogP contribution is 2.40. The zero-order chi connectivity index (χ0) is 25.9. The second-order valence-corrected chi connectivity index (χ2v) is 10.5. The number of hydrogen-bond acceptors (Lipinski definition) is 5. The van der Waals surface area contributed by atoms with E-state index in [1.807, 2.05) is 63.2 Å². The van der Waals surface area contributed by atoms with Gasteiger partial charge in [-0.05, 0) is 60.2 Å². The molecule has 0 saturated heterocycles. The predicted molar refractivity (Wildman–Crippen MR) is 141 cm³/mol. The maximum absolute atomic E-state index is 13.1. The molecule has 0 aliphatic carbocycles. The topological polar surface area (TPSA) is 95.0 Å². The molecule has 3 aromatic rings. The average molecular weight is 515 g/mol. The smallest absolute Gasteiger partial charge is 0.410 e. The summed E-state index contributed by atoms with van der Waals surface area (Å²) in [6.07, 6.45) is 0.960. The quantitative estimate of drug-likeness (QED) is 0.359. The summed E-state index contributed by atoms with van der Waals surface area (Å²) in [4.78, 5) is 18.4. The fraction of sp³-hybridized carbons (Fsp3) is 0.464. The van der Waals surface area contributed by atoms with Gasteiger partial charge in [-0.2, -0.15) is 0 Å². The van der Waals surface area contributed by atoms with E-state index in [2.05, 4.69) is 4.98 Å². The lowest BCUT2D eigenvalue weighted by Crippen LogP contribution is -2.41. The van der Waals surface area contributed by atoms with Crippen molar-refractivity contribution in [2.24, 2.45) is 11.3 Å². The summed E-state index contributed by atoms with van der Waals surface area (Å²) >= 11 is 6.29. The molecular formula is C28H35ClN2O5. The summed E-state index contributed by atoms with van der Waals surface area (Å²) in [5.74, 6) is 0.874. The van der Waals surface area contributed by atoms with Gasteiger partial charge in [-0.3, -0.25) is 4.90 Å². The first-order valence-corrected chi connectivity index (χ1v) is 12.9. The minimum absolute atomic E-state index is 0.152. The number of carbonyl (C=O) groups is 1. The lowest BCUT2D eigenvalue weighted by atomic mass is 9.88. The van der Waals surface area contributed by atoms with E-state index < -0.39 is 5.41 Å². The van der Waals surface area contributed by atoms with Crippen molar-refractivity contribution >= 4 is 28.6 Å². The number of halogens is 1. The van der Waals surface area contributed by atoms with Crippen molar-refractivity contribution < 1.29 is 24.5 Å². The molecule has 0 unspecified atom stereocenters. The molecule has 2 heterocycles. The summed E-state index contributed by atoms with van der Waals surface area (Å²) in [6.45, 7) is 6.73. The molecule has 1 amide bonds. The van der Waals surface area contributed by atoms with E-state index in [0.717, 1.165) is 27.7 Å². The van der Waals surface area contributed by atoms with Crippen molar-refractivity contribution in [3.63, 3.8) is 0 Å². The molecule has 0 saturated carbocycles. The molecule has 2 aromatic carbocycles. The Balaban J connectivity index is 1.66. The van der Waals surface area contributed by atoms with Crippen LogP contribution in [-0.2, 0) is 11.2 Å². The largest absolute Gasteiger partial charge is 0.493 e. The van der Waals surface area contributed by atoms with Crippen LogP contribution in [0.1, 0.15) is 50.1 Å². The number of hydrogen-bond donors (Lipinski definition) is 3. The number of aromatic amines is 1. The summed E-state index contributed by atoms with van der Waals surface area (Å²) in [5, 5.41) is 21.1. The van der Waals surface area contributed by atoms with Gasteiger partial charge in [0.2, 0.25) is 0 Å². The van der Waals surface area contributed by atoms with E-state index >= 15 is 0 Å². The van der Waals surface area contributed by atoms with Crippen molar-refractivity contribution in [2.75, 3.05) is 33.0 Å². The van der Waals surface area contributed by atoms with E-state index in [9.17, 15) is 15.0 Å². The van der Waals surface area contributed by atoms with Crippen LogP contribution in [0.2, 0.25) is 5.02 Å². The van der Waals surface area contributed by atoms with E-state index in [4.69, 9.17) is 21.1 Å². The Morgan fingerprint density at radius 1 is 1.19 bits per heavy atom. The van der Waals surface area contributed by atoms with Gasteiger partial charge in [0.15, 0.2) is 0 Å². The van der Waals surface area contributed by atoms with Crippen LogP contribution in [0.3, 0.4) is 0 Å². The normalized spacial score (nSPS) is 15.9. The third-order valence-corrected chi connectivity index (χ3v) is 7.26. The van der Waals surface area contributed by atoms with Gasteiger partial charge in [0.1, 0.15) is 11.8 Å². The summed E-state index contributed by atoms with van der Waals surface area (Å²) in [5.41, 5.74) is 3.34. The third kappa shape index (κ3) is 5.33. The number of aliphatic hydroxyl groups excluding tert-OH is 2. The molecule has 1 aliphatic heterocycles. The van der Waals surface area contributed by atoms with E-state index in [-0.39, 0.29) is 37.9 Å². The minimum Gasteiger partial charge on any atom is -0.493 e. The Hall–Kier alpha value is -2.74. The van der Waals surface area contributed by atoms with Crippen LogP contribution in [0.5, 0.6) is 5.75 Å². The molecule has 3 N–H and O–H groups in total. The number of nitrogens with zero attached hydrogens (tertiary/aromatic N) is 1. The Kier molecular flexibility index (Phi) is 8.13. The van der Waals surface area contributed by atoms with Crippen LogP contribution >= 0.6 is 11.6 Å². The van der Waals surface area contributed by atoms with Gasteiger partial charge in [0, 0.05) is 28.2 Å². The van der Waals surface area contributed by atoms with Gasteiger partial charge in [-0.15, -0.1) is 0 Å². The highest BCUT2D eigenvalue weighted by atomic mass is 35.5. The molecule has 194 valence electrons. The zero-order valence-electron chi connectivity index (χ0n) is 21.1. The van der Waals surface area contributed by atoms with Crippen molar-refractivity contribution in [1.29, 1.82) is 0 Å². The molecular weight excluding hydrogens is 480 g/mol. The van der Waals surface area contributed by atoms with Gasteiger partial charge >= 0.3 is 6.09 Å². The van der Waals surface area contributed by atoms with Crippen LogP contribution in [0, 0.1) is 11.3 Å². The number of carbonyl (C=O) groups excluding carboxylic acids is 1. The van der Waals surface area contributed by atoms with Gasteiger partial charge in [0.05, 0.1) is 31.8 Å². The second-order valence-electron chi connectivity index (χ2n) is 10.1. The first kappa shape index (κ1) is 26.3. The minimum atomic E-state index is -0.681. The van der Waals surface area contributed by atoms with Crippen LogP contribution in [-0.4, -0.2) is 59.2 Å². The van der Waals surface area contributed by atoms with Gasteiger partial charge in [-0.25, -0.2) is 4.79 Å². The Morgan fingerprint density at radius 3 is 2.56 bits per heavy atom. The molecule has 0 spiro atoms. The second kappa shape index (κ2) is 11.1. The molecule has 7 nitrogen and oxygen atoms in total. The number of ether oxygens (including phenoxy) is 2. The van der Waals surface area contributed by atoms with Gasteiger partial charge in [-0.1, -0.05) is 44.5 Å². The van der Waals surface area contributed by atoms with Crippen molar-refractivity contribution in [3.8, 4) is 5.75 Å². The first-order chi connectivity index (χ1) is 17.3. The van der Waals surface area contributed by atoms with E-state index in [0.29, 0.717) is 36.8 Å². The summed E-state index contributed by atoms with van der Waals surface area (Å²) in [7, 11) is 0. The SMILES string of the molecule is CCC(CO)(CO)COc1ccc([C@H]2c3[nH]c4ccc(Cl)cc4c3CCN2C(=O)OCC(C)C)cc1. The van der Waals surface area contributed by atoms with Crippen LogP contribution in [0.15, 0.2) is 42.5 Å². The Labute approximate surface area is 217 Å². The molecule has 0 bridgehead atoms. The standard InChI is InChI=1S/C28H35ClN2O5/c1-4-28(15-32,16-33)17-36-21-8-5-19(6-9-21)26-25-22(23-13-20(29)7-10-24(23)30-25)11-12-31(26)27(34)35-14-18(2)3/h5-10,13,18,26,30,32-33H,4,11-12,14-17H2,1-3H3/t26-/m0/s1. The van der Waals surface area contributed by atoms with Gasteiger partial charge in [0.25, 0.3) is 0 Å². The third-order valence-electron chi connectivity index (χ3n) is 7.03. The van der Waals surface area contributed by atoms with Crippen molar-refractivity contribution in [3.05, 3.63) is 64.3 Å². The number of H-pyrrole nitrogens is 1. The van der Waals surface area contributed by atoms with E-state index in [1.165, 1.54) is 0 Å². The van der Waals surface area contributed by atoms with E-state index in [1.54, 1.807) is 4.90 Å². The molecule has 8 heteroatoms. The monoisotopic (exact) mass is 514 g/mol. The first-order valence-electron chi connectivity index (χ1n) is 12.5. The molecule has 36 heavy (non-hydrogen) atoms. The lowest BCUT2D eigenvalue weighted by molar-refractivity contribution is 0.0114. The Bertz CT molecular complexity index is 1180. The highest BCUT2D eigenvalue weighted by molar-refractivity contribution is 6.31. The fourth-order valence-electron chi connectivity index (χ4n) is 4.57. The molecule has 1 atom stereocenters. The molecule has 4 rings (SSSR count). The lowest BCUT2D eigenvalue weighted by Gasteiger charge is -2.35. The highest BCUT2D eigenvalue weighted by Gasteiger charge is 2.35.